The molecule has 0 bridgehead atoms. The van der Waals surface area contributed by atoms with Crippen molar-refractivity contribution in [2.24, 2.45) is 0 Å². The van der Waals surface area contributed by atoms with Crippen LogP contribution in [0.25, 0.3) is 0 Å². The maximum Gasteiger partial charge on any atom is 0.253 e. The summed E-state index contributed by atoms with van der Waals surface area (Å²) in [6.45, 7) is 2.04. The Kier molecular flexibility index (Phi) is 6.63. The van der Waals surface area contributed by atoms with Gasteiger partial charge in [-0.1, -0.05) is 19.3 Å². The van der Waals surface area contributed by atoms with Crippen molar-refractivity contribution in [2.45, 2.75) is 50.6 Å². The van der Waals surface area contributed by atoms with Crippen molar-refractivity contribution < 1.29 is 14.3 Å². The first-order valence-electron chi connectivity index (χ1n) is 9.61. The largest absolute Gasteiger partial charge is 0.378 e. The highest BCUT2D eigenvalue weighted by Gasteiger charge is 2.23. The predicted molar refractivity (Wildman–Crippen MR) is 101 cm³/mol. The highest BCUT2D eigenvalue weighted by Crippen LogP contribution is 2.23. The number of amides is 2. The van der Waals surface area contributed by atoms with Gasteiger partial charge >= 0.3 is 0 Å². The molecule has 6 nitrogen and oxygen atoms in total. The molecule has 1 atom stereocenters. The van der Waals surface area contributed by atoms with Crippen LogP contribution >= 0.6 is 0 Å². The van der Waals surface area contributed by atoms with Crippen LogP contribution in [0.5, 0.6) is 0 Å². The first-order valence-corrected chi connectivity index (χ1v) is 9.61. The zero-order chi connectivity index (χ0) is 18.4. The van der Waals surface area contributed by atoms with E-state index in [0.29, 0.717) is 36.9 Å². The van der Waals surface area contributed by atoms with E-state index in [4.69, 9.17) is 4.74 Å². The van der Waals surface area contributed by atoms with Crippen molar-refractivity contribution in [3.63, 3.8) is 0 Å². The third-order valence-electron chi connectivity index (χ3n) is 5.29. The second kappa shape index (κ2) is 9.14. The van der Waals surface area contributed by atoms with E-state index in [1.807, 2.05) is 11.9 Å². The summed E-state index contributed by atoms with van der Waals surface area (Å²) in [6, 6.07) is 7.59. The number of nitrogens with one attached hydrogen (secondary N) is 2. The van der Waals surface area contributed by atoms with Gasteiger partial charge in [-0.15, -0.1) is 0 Å². The monoisotopic (exact) mass is 359 g/mol. The molecule has 2 aliphatic rings. The lowest BCUT2D eigenvalue weighted by molar-refractivity contribution is -0.117. The average molecular weight is 359 g/mol. The van der Waals surface area contributed by atoms with E-state index >= 15 is 0 Å². The lowest BCUT2D eigenvalue weighted by Gasteiger charge is -2.31. The summed E-state index contributed by atoms with van der Waals surface area (Å²) in [5.41, 5.74) is 1.38. The summed E-state index contributed by atoms with van der Waals surface area (Å²) in [7, 11) is 1.90. The molecule has 3 rings (SSSR count). The third kappa shape index (κ3) is 5.05. The smallest absolute Gasteiger partial charge is 0.253 e. The lowest BCUT2D eigenvalue weighted by atomic mass is 9.94. The molecule has 1 aromatic rings. The van der Waals surface area contributed by atoms with E-state index in [-0.39, 0.29) is 17.9 Å². The van der Waals surface area contributed by atoms with Gasteiger partial charge in [-0.3, -0.25) is 9.59 Å². The van der Waals surface area contributed by atoms with E-state index in [1.54, 1.807) is 24.3 Å². The highest BCUT2D eigenvalue weighted by atomic mass is 16.5. The first kappa shape index (κ1) is 18.9. The van der Waals surface area contributed by atoms with Crippen molar-refractivity contribution in [3.8, 4) is 0 Å². The van der Waals surface area contributed by atoms with Gasteiger partial charge in [0, 0.05) is 43.3 Å². The summed E-state index contributed by atoms with van der Waals surface area (Å²) in [5, 5.41) is 6.16. The number of nitrogens with zero attached hydrogens (tertiary/aromatic N) is 1. The van der Waals surface area contributed by atoms with Gasteiger partial charge in [0.1, 0.15) is 0 Å². The summed E-state index contributed by atoms with van der Waals surface area (Å²) < 4.78 is 5.36. The molecule has 1 aromatic carbocycles. The van der Waals surface area contributed by atoms with Gasteiger partial charge < -0.3 is 20.3 Å². The fourth-order valence-electron chi connectivity index (χ4n) is 3.72. The zero-order valence-corrected chi connectivity index (χ0v) is 15.5. The highest BCUT2D eigenvalue weighted by molar-refractivity contribution is 5.96. The van der Waals surface area contributed by atoms with Gasteiger partial charge in [0.25, 0.3) is 5.91 Å². The van der Waals surface area contributed by atoms with E-state index in [2.05, 4.69) is 10.6 Å². The van der Waals surface area contributed by atoms with Crippen molar-refractivity contribution in [3.05, 3.63) is 29.8 Å². The normalized spacial score (nSPS) is 21.2. The Balaban J connectivity index is 1.52. The van der Waals surface area contributed by atoms with Crippen LogP contribution in [0, 0.1) is 0 Å². The molecule has 2 fully saturated rings. The van der Waals surface area contributed by atoms with Crippen LogP contribution in [-0.4, -0.2) is 55.6 Å². The average Bonchev–Trinajstić information content (AvgIpc) is 2.69. The number of carbonyl (C=O) groups excluding carboxylic acids is 2. The Labute approximate surface area is 155 Å². The zero-order valence-electron chi connectivity index (χ0n) is 15.5. The molecule has 0 radical (unpaired) electrons. The van der Waals surface area contributed by atoms with E-state index in [0.717, 1.165) is 19.4 Å². The van der Waals surface area contributed by atoms with Gasteiger partial charge in [-0.05, 0) is 37.1 Å². The number of hydrogen-bond donors (Lipinski definition) is 2. The quantitative estimate of drug-likeness (QED) is 0.847. The van der Waals surface area contributed by atoms with Crippen molar-refractivity contribution in [1.29, 1.82) is 0 Å². The number of rotatable bonds is 5. The Morgan fingerprint density at radius 1 is 1.19 bits per heavy atom. The topological polar surface area (TPSA) is 70.7 Å². The third-order valence-corrected chi connectivity index (χ3v) is 5.29. The molecule has 142 valence electrons. The number of carbonyl (C=O) groups is 2. The minimum atomic E-state index is -0.0496. The molecule has 26 heavy (non-hydrogen) atoms. The number of hydrogen-bond acceptors (Lipinski definition) is 4. The number of ether oxygens (including phenoxy) is 1. The molecule has 1 heterocycles. The van der Waals surface area contributed by atoms with Crippen LogP contribution in [0.3, 0.4) is 0 Å². The summed E-state index contributed by atoms with van der Waals surface area (Å²) in [6.07, 6.45) is 6.24. The van der Waals surface area contributed by atoms with Gasteiger partial charge in [0.15, 0.2) is 0 Å². The van der Waals surface area contributed by atoms with Gasteiger partial charge in [0.2, 0.25) is 5.91 Å². The number of morpholine rings is 1. The Morgan fingerprint density at radius 3 is 2.58 bits per heavy atom. The molecular weight excluding hydrogens is 330 g/mol. The van der Waals surface area contributed by atoms with Gasteiger partial charge in [0.05, 0.1) is 13.2 Å². The summed E-state index contributed by atoms with van der Waals surface area (Å²) in [4.78, 5) is 26.7. The van der Waals surface area contributed by atoms with Crippen molar-refractivity contribution >= 4 is 17.5 Å². The maximum absolute atomic E-state index is 12.7. The van der Waals surface area contributed by atoms with Crippen LogP contribution < -0.4 is 10.6 Å². The minimum Gasteiger partial charge on any atom is -0.378 e. The van der Waals surface area contributed by atoms with Crippen LogP contribution in [0.4, 0.5) is 5.69 Å². The molecule has 0 aromatic heterocycles. The maximum atomic E-state index is 12.7. The molecule has 1 aliphatic carbocycles. The molecule has 1 saturated carbocycles. The molecule has 6 heteroatoms. The minimum absolute atomic E-state index is 0.0496. The molecule has 2 N–H and O–H groups in total. The molecule has 0 spiro atoms. The van der Waals surface area contributed by atoms with Crippen LogP contribution in [-0.2, 0) is 9.53 Å². The Hall–Kier alpha value is -1.92. The van der Waals surface area contributed by atoms with Crippen molar-refractivity contribution in [2.75, 3.05) is 32.1 Å². The molecule has 1 aliphatic heterocycles. The Morgan fingerprint density at radius 2 is 1.92 bits per heavy atom. The van der Waals surface area contributed by atoms with Crippen LogP contribution in [0.1, 0.15) is 48.9 Å². The molecule has 2 amide bonds. The lowest BCUT2D eigenvalue weighted by Crippen LogP contribution is -2.43. The van der Waals surface area contributed by atoms with E-state index in [9.17, 15) is 9.59 Å². The first-order chi connectivity index (χ1) is 12.6. The molecule has 1 saturated heterocycles. The fraction of sp³-hybridized carbons (Fsp3) is 0.600. The Bertz CT molecular complexity index is 605. The summed E-state index contributed by atoms with van der Waals surface area (Å²) in [5.74, 6) is 0.00438. The molecule has 1 unspecified atom stereocenters. The number of anilines is 1. The van der Waals surface area contributed by atoms with Gasteiger partial charge in [-0.25, -0.2) is 0 Å². The van der Waals surface area contributed by atoms with Crippen LogP contribution in [0.2, 0.25) is 0 Å². The molecular formula is C20H29N3O3. The summed E-state index contributed by atoms with van der Waals surface area (Å²) >= 11 is 0. The van der Waals surface area contributed by atoms with Crippen molar-refractivity contribution in [1.82, 2.24) is 10.2 Å². The van der Waals surface area contributed by atoms with Crippen LogP contribution in [0.15, 0.2) is 24.3 Å². The van der Waals surface area contributed by atoms with E-state index < -0.39 is 0 Å². The SMILES string of the molecule is CN(C(=O)c1ccc(NC(=O)CC2COCCN2)cc1)C1CCCCC1. The standard InChI is InChI=1S/C20H29N3O3/c1-23(18-5-3-2-4-6-18)20(25)15-7-9-16(10-8-15)22-19(24)13-17-14-26-12-11-21-17/h7-10,17-18,21H,2-6,11-14H2,1H3,(H,22,24). The van der Waals surface area contributed by atoms with Gasteiger partial charge in [-0.2, -0.15) is 0 Å². The number of benzene rings is 1. The predicted octanol–water partition coefficient (Wildman–Crippen LogP) is 2.41. The second-order valence-electron chi connectivity index (χ2n) is 7.26. The van der Waals surface area contributed by atoms with E-state index in [1.165, 1.54) is 19.3 Å². The second-order valence-corrected chi connectivity index (χ2v) is 7.26. The fourth-order valence-corrected chi connectivity index (χ4v) is 3.72.